The van der Waals surface area contributed by atoms with Crippen molar-refractivity contribution >= 4 is 23.0 Å². The summed E-state index contributed by atoms with van der Waals surface area (Å²) in [7, 11) is 0. The van der Waals surface area contributed by atoms with Crippen LogP contribution in [-0.4, -0.2) is 39.1 Å². The van der Waals surface area contributed by atoms with Crippen LogP contribution in [0.3, 0.4) is 0 Å². The number of fused-ring (bicyclic) bond motifs is 1. The van der Waals surface area contributed by atoms with Gasteiger partial charge in [0.2, 0.25) is 0 Å². The molecule has 168 valence electrons. The van der Waals surface area contributed by atoms with Gasteiger partial charge in [-0.15, -0.1) is 0 Å². The predicted octanol–water partition coefficient (Wildman–Crippen LogP) is 4.76. The maximum absolute atomic E-state index is 11.2. The van der Waals surface area contributed by atoms with Crippen LogP contribution in [-0.2, 0) is 16.6 Å². The molecular formula is C26H32N4O2. The van der Waals surface area contributed by atoms with E-state index in [2.05, 4.69) is 53.8 Å². The van der Waals surface area contributed by atoms with E-state index in [9.17, 15) is 4.79 Å². The molecule has 3 N–H and O–H groups in total. The zero-order valence-corrected chi connectivity index (χ0v) is 19.1. The van der Waals surface area contributed by atoms with Gasteiger partial charge in [0.15, 0.2) is 0 Å². The summed E-state index contributed by atoms with van der Waals surface area (Å²) >= 11 is 0. The lowest BCUT2D eigenvalue weighted by Crippen LogP contribution is -2.26. The van der Waals surface area contributed by atoms with Gasteiger partial charge >= 0.3 is 0 Å². The van der Waals surface area contributed by atoms with Gasteiger partial charge in [-0.05, 0) is 60.7 Å². The second-order valence-electron chi connectivity index (χ2n) is 9.55. The van der Waals surface area contributed by atoms with E-state index in [-0.39, 0.29) is 5.41 Å². The van der Waals surface area contributed by atoms with Crippen LogP contribution in [0.4, 0.5) is 0 Å². The summed E-state index contributed by atoms with van der Waals surface area (Å²) in [6, 6.07) is 13.0. The first-order valence-electron chi connectivity index (χ1n) is 11.3. The Balaban J connectivity index is 1.50. The van der Waals surface area contributed by atoms with Crippen LogP contribution in [0.5, 0.6) is 0 Å². The number of rotatable bonds is 6. The number of H-pyrrole nitrogens is 1. The SMILES string of the molecule is CC(C)(C)c1[nH]c2ncccc2c1CCN1CCC[C@H]1c1ccc(/C=C/C(=O)NO)cc1. The van der Waals surface area contributed by atoms with E-state index in [1.54, 1.807) is 11.6 Å². The maximum Gasteiger partial charge on any atom is 0.267 e. The molecule has 3 aromatic rings. The number of hydrogen-bond acceptors (Lipinski definition) is 4. The summed E-state index contributed by atoms with van der Waals surface area (Å²) in [6.45, 7) is 8.86. The van der Waals surface area contributed by atoms with Gasteiger partial charge in [0.1, 0.15) is 5.65 Å². The highest BCUT2D eigenvalue weighted by atomic mass is 16.5. The average Bonchev–Trinajstić information content (AvgIpc) is 3.40. The molecule has 0 bridgehead atoms. The third-order valence-electron chi connectivity index (χ3n) is 6.30. The van der Waals surface area contributed by atoms with E-state index in [0.717, 1.165) is 37.1 Å². The summed E-state index contributed by atoms with van der Waals surface area (Å²) in [5.74, 6) is -0.529. The molecule has 6 nitrogen and oxygen atoms in total. The lowest BCUT2D eigenvalue weighted by molar-refractivity contribution is -0.124. The Hall–Kier alpha value is -2.96. The fraction of sp³-hybridized carbons (Fsp3) is 0.385. The minimum atomic E-state index is -0.529. The third-order valence-corrected chi connectivity index (χ3v) is 6.30. The first-order valence-corrected chi connectivity index (χ1v) is 11.3. The Morgan fingerprint density at radius 2 is 2.06 bits per heavy atom. The van der Waals surface area contributed by atoms with Crippen molar-refractivity contribution in [1.82, 2.24) is 20.3 Å². The molecule has 1 atom stereocenters. The molecule has 0 unspecified atom stereocenters. The molecule has 1 amide bonds. The minimum Gasteiger partial charge on any atom is -0.343 e. The van der Waals surface area contributed by atoms with Crippen LogP contribution in [0.1, 0.15) is 62.0 Å². The standard InChI is InChI=1S/C26H32N4O2/c1-26(2,3)24-20(21-6-4-15-27-25(21)28-24)14-17-30-16-5-7-22(30)19-11-8-18(9-12-19)10-13-23(31)29-32/h4,6,8-13,15,22,32H,5,7,14,16-17H2,1-3H3,(H,27,28)(H,29,31)/b13-10+/t22-/m0/s1. The lowest BCUT2D eigenvalue weighted by atomic mass is 9.88. The fourth-order valence-corrected chi connectivity index (χ4v) is 4.74. The smallest absolute Gasteiger partial charge is 0.267 e. The molecule has 2 aromatic heterocycles. The Labute approximate surface area is 189 Å². The molecule has 32 heavy (non-hydrogen) atoms. The average molecular weight is 433 g/mol. The number of nitrogens with zero attached hydrogens (tertiary/aromatic N) is 2. The number of amides is 1. The van der Waals surface area contributed by atoms with E-state index in [4.69, 9.17) is 5.21 Å². The Morgan fingerprint density at radius 1 is 1.28 bits per heavy atom. The lowest BCUT2D eigenvalue weighted by Gasteiger charge is -2.26. The number of pyridine rings is 1. The molecule has 0 saturated carbocycles. The summed E-state index contributed by atoms with van der Waals surface area (Å²) in [4.78, 5) is 21.9. The Kier molecular flexibility index (Phi) is 6.44. The van der Waals surface area contributed by atoms with E-state index in [0.29, 0.717) is 6.04 Å². The number of nitrogens with one attached hydrogen (secondary N) is 2. The normalized spacial score (nSPS) is 17.4. The van der Waals surface area contributed by atoms with Gasteiger partial charge in [-0.3, -0.25) is 14.9 Å². The fourth-order valence-electron chi connectivity index (χ4n) is 4.74. The molecule has 0 radical (unpaired) electrons. The highest BCUT2D eigenvalue weighted by Crippen LogP contribution is 2.34. The van der Waals surface area contributed by atoms with Crippen molar-refractivity contribution in [1.29, 1.82) is 0 Å². The molecule has 4 rings (SSSR count). The number of carbonyl (C=O) groups is 1. The van der Waals surface area contributed by atoms with Crippen molar-refractivity contribution in [2.75, 3.05) is 13.1 Å². The number of hydroxylamine groups is 1. The molecule has 1 saturated heterocycles. The highest BCUT2D eigenvalue weighted by molar-refractivity contribution is 5.90. The zero-order chi connectivity index (χ0) is 22.7. The zero-order valence-electron chi connectivity index (χ0n) is 19.1. The summed E-state index contributed by atoms with van der Waals surface area (Å²) in [5, 5.41) is 9.84. The van der Waals surface area contributed by atoms with Crippen molar-refractivity contribution < 1.29 is 10.0 Å². The molecule has 6 heteroatoms. The molecule has 3 heterocycles. The number of aromatic nitrogens is 2. The first-order chi connectivity index (χ1) is 15.4. The summed E-state index contributed by atoms with van der Waals surface area (Å²) in [5.41, 5.74) is 7.53. The van der Waals surface area contributed by atoms with Crippen molar-refractivity contribution in [3.05, 3.63) is 71.1 Å². The number of benzene rings is 1. The first kappa shape index (κ1) is 22.2. The third kappa shape index (κ3) is 4.76. The quantitative estimate of drug-likeness (QED) is 0.298. The van der Waals surface area contributed by atoms with Crippen molar-refractivity contribution in [2.45, 2.75) is 51.5 Å². The van der Waals surface area contributed by atoms with Crippen LogP contribution in [0.15, 0.2) is 48.7 Å². The van der Waals surface area contributed by atoms with Gasteiger partial charge in [-0.25, -0.2) is 10.5 Å². The molecule has 1 aliphatic heterocycles. The summed E-state index contributed by atoms with van der Waals surface area (Å²) < 4.78 is 0. The van der Waals surface area contributed by atoms with Crippen molar-refractivity contribution in [3.8, 4) is 0 Å². The summed E-state index contributed by atoms with van der Waals surface area (Å²) in [6.07, 6.45) is 8.21. The van der Waals surface area contributed by atoms with Crippen LogP contribution in [0.2, 0.25) is 0 Å². The molecule has 1 aliphatic rings. The molecule has 0 aliphatic carbocycles. The van der Waals surface area contributed by atoms with E-state index >= 15 is 0 Å². The van der Waals surface area contributed by atoms with Crippen LogP contribution >= 0.6 is 0 Å². The van der Waals surface area contributed by atoms with Gasteiger partial charge in [0.25, 0.3) is 5.91 Å². The monoisotopic (exact) mass is 432 g/mol. The van der Waals surface area contributed by atoms with E-state index in [1.165, 1.54) is 34.7 Å². The molecule has 0 spiro atoms. The van der Waals surface area contributed by atoms with Gasteiger partial charge in [0.05, 0.1) is 0 Å². The Bertz CT molecular complexity index is 1110. The highest BCUT2D eigenvalue weighted by Gasteiger charge is 2.28. The van der Waals surface area contributed by atoms with Gasteiger partial charge in [0, 0.05) is 41.4 Å². The van der Waals surface area contributed by atoms with Crippen LogP contribution < -0.4 is 5.48 Å². The number of hydrogen-bond donors (Lipinski definition) is 3. The van der Waals surface area contributed by atoms with E-state index in [1.807, 2.05) is 24.4 Å². The predicted molar refractivity (Wildman–Crippen MR) is 127 cm³/mol. The van der Waals surface area contributed by atoms with Gasteiger partial charge in [-0.2, -0.15) is 0 Å². The van der Waals surface area contributed by atoms with Crippen molar-refractivity contribution in [2.24, 2.45) is 0 Å². The second kappa shape index (κ2) is 9.27. The van der Waals surface area contributed by atoms with Gasteiger partial charge < -0.3 is 4.98 Å². The Morgan fingerprint density at radius 3 is 2.78 bits per heavy atom. The number of carbonyl (C=O) groups excluding carboxylic acids is 1. The molecular weight excluding hydrogens is 400 g/mol. The molecule has 1 fully saturated rings. The van der Waals surface area contributed by atoms with Crippen LogP contribution in [0.25, 0.3) is 17.1 Å². The van der Waals surface area contributed by atoms with Crippen molar-refractivity contribution in [3.63, 3.8) is 0 Å². The minimum absolute atomic E-state index is 0.0384. The van der Waals surface area contributed by atoms with E-state index < -0.39 is 5.91 Å². The number of aromatic amines is 1. The maximum atomic E-state index is 11.2. The van der Waals surface area contributed by atoms with Gasteiger partial charge in [-0.1, -0.05) is 45.0 Å². The number of likely N-dealkylation sites (tertiary alicyclic amines) is 1. The molecule has 1 aromatic carbocycles. The topological polar surface area (TPSA) is 81.2 Å². The second-order valence-corrected chi connectivity index (χ2v) is 9.55. The largest absolute Gasteiger partial charge is 0.343 e. The van der Waals surface area contributed by atoms with Crippen LogP contribution in [0, 0.1) is 0 Å².